The van der Waals surface area contributed by atoms with E-state index in [2.05, 4.69) is 0 Å². The molecule has 118 valence electrons. The van der Waals surface area contributed by atoms with Crippen LogP contribution in [-0.2, 0) is 21.3 Å². The number of sulfonamides is 1. The van der Waals surface area contributed by atoms with Crippen molar-refractivity contribution in [3.8, 4) is 0 Å². The van der Waals surface area contributed by atoms with Gasteiger partial charge in [0.2, 0.25) is 10.0 Å². The molecule has 2 rings (SSSR count). The first-order valence-electron chi connectivity index (χ1n) is 6.97. The number of hydrogen-bond donors (Lipinski definition) is 1. The highest BCUT2D eigenvalue weighted by atomic mass is 32.2. The standard InChI is InChI=1S/C14H21FN2O3S/c1-20-10-11-5-7-17(8-6-11)21(18,19)14-4-2-3-13(15)12(14)9-16/h2-4,11H,5-10,16H2,1H3. The zero-order valence-electron chi connectivity index (χ0n) is 12.1. The van der Waals surface area contributed by atoms with Gasteiger partial charge in [0.15, 0.2) is 0 Å². The number of benzene rings is 1. The Morgan fingerprint density at radius 3 is 2.62 bits per heavy atom. The van der Waals surface area contributed by atoms with E-state index in [1.165, 1.54) is 22.5 Å². The fraction of sp³-hybridized carbons (Fsp3) is 0.571. The van der Waals surface area contributed by atoms with Gasteiger partial charge in [-0.3, -0.25) is 0 Å². The maximum absolute atomic E-state index is 13.7. The number of nitrogens with two attached hydrogens (primary N) is 1. The molecule has 0 atom stereocenters. The average Bonchev–Trinajstić information content (AvgIpc) is 2.48. The number of ether oxygens (including phenoxy) is 1. The van der Waals surface area contributed by atoms with Crippen LogP contribution in [0.15, 0.2) is 23.1 Å². The SMILES string of the molecule is COCC1CCN(S(=O)(=O)c2cccc(F)c2CN)CC1. The first-order valence-corrected chi connectivity index (χ1v) is 8.41. The van der Waals surface area contributed by atoms with Crippen molar-refractivity contribution < 1.29 is 17.5 Å². The largest absolute Gasteiger partial charge is 0.384 e. The minimum atomic E-state index is -3.69. The van der Waals surface area contributed by atoms with Crippen molar-refractivity contribution in [2.75, 3.05) is 26.8 Å². The van der Waals surface area contributed by atoms with E-state index < -0.39 is 15.8 Å². The van der Waals surface area contributed by atoms with Gasteiger partial charge < -0.3 is 10.5 Å². The lowest BCUT2D eigenvalue weighted by Crippen LogP contribution is -2.39. The Hall–Kier alpha value is -1.02. The monoisotopic (exact) mass is 316 g/mol. The van der Waals surface area contributed by atoms with Gasteiger partial charge in [-0.15, -0.1) is 0 Å². The van der Waals surface area contributed by atoms with E-state index in [9.17, 15) is 12.8 Å². The van der Waals surface area contributed by atoms with Crippen LogP contribution in [0, 0.1) is 11.7 Å². The topological polar surface area (TPSA) is 72.6 Å². The van der Waals surface area contributed by atoms with Gasteiger partial charge in [0.05, 0.1) is 4.90 Å². The van der Waals surface area contributed by atoms with Crippen LogP contribution in [0.25, 0.3) is 0 Å². The molecule has 0 amide bonds. The highest BCUT2D eigenvalue weighted by Gasteiger charge is 2.31. The quantitative estimate of drug-likeness (QED) is 0.889. The van der Waals surface area contributed by atoms with Crippen LogP contribution in [0.1, 0.15) is 18.4 Å². The van der Waals surface area contributed by atoms with Crippen molar-refractivity contribution in [3.63, 3.8) is 0 Å². The van der Waals surface area contributed by atoms with Gasteiger partial charge in [0.25, 0.3) is 0 Å². The van der Waals surface area contributed by atoms with Crippen LogP contribution in [0.3, 0.4) is 0 Å². The number of rotatable bonds is 5. The van der Waals surface area contributed by atoms with Crippen LogP contribution in [0.2, 0.25) is 0 Å². The van der Waals surface area contributed by atoms with Gasteiger partial charge in [-0.05, 0) is 30.9 Å². The lowest BCUT2D eigenvalue weighted by atomic mass is 9.99. The van der Waals surface area contributed by atoms with Gasteiger partial charge in [-0.1, -0.05) is 6.07 Å². The second-order valence-corrected chi connectivity index (χ2v) is 7.13. The van der Waals surface area contributed by atoms with E-state index in [0.29, 0.717) is 25.6 Å². The Morgan fingerprint density at radius 2 is 2.05 bits per heavy atom. The normalized spacial score (nSPS) is 18.0. The Kier molecular flexibility index (Phi) is 5.32. The van der Waals surface area contributed by atoms with Gasteiger partial charge in [0, 0.05) is 38.9 Å². The summed E-state index contributed by atoms with van der Waals surface area (Å²) in [5.74, 6) is -0.198. The first-order chi connectivity index (χ1) is 10.0. The fourth-order valence-electron chi connectivity index (χ4n) is 2.67. The van der Waals surface area contributed by atoms with Gasteiger partial charge in [-0.25, -0.2) is 12.8 Å². The third-order valence-electron chi connectivity index (χ3n) is 3.87. The van der Waals surface area contributed by atoms with E-state index in [0.717, 1.165) is 12.8 Å². The Morgan fingerprint density at radius 1 is 1.38 bits per heavy atom. The second-order valence-electron chi connectivity index (χ2n) is 5.22. The molecule has 0 aromatic heterocycles. The van der Waals surface area contributed by atoms with Gasteiger partial charge >= 0.3 is 0 Å². The summed E-state index contributed by atoms with van der Waals surface area (Å²) in [5.41, 5.74) is 5.55. The molecule has 1 aliphatic rings. The molecule has 0 spiro atoms. The summed E-state index contributed by atoms with van der Waals surface area (Å²) in [6.07, 6.45) is 1.50. The Bertz CT molecular complexity index is 584. The van der Waals surface area contributed by atoms with Crippen molar-refractivity contribution in [1.82, 2.24) is 4.31 Å². The number of hydrogen-bond acceptors (Lipinski definition) is 4. The third kappa shape index (κ3) is 3.42. The molecule has 2 N–H and O–H groups in total. The maximum Gasteiger partial charge on any atom is 0.243 e. The number of halogens is 1. The van der Waals surface area contributed by atoms with Crippen molar-refractivity contribution in [2.45, 2.75) is 24.3 Å². The number of nitrogens with zero attached hydrogens (tertiary/aromatic N) is 1. The Labute approximate surface area is 124 Å². The molecular formula is C14H21FN2O3S. The number of piperidine rings is 1. The summed E-state index contributed by atoms with van der Waals surface area (Å²) in [6.45, 7) is 1.36. The summed E-state index contributed by atoms with van der Waals surface area (Å²) in [7, 11) is -2.05. The minimum absolute atomic E-state index is 0.0183. The summed E-state index contributed by atoms with van der Waals surface area (Å²) >= 11 is 0. The maximum atomic E-state index is 13.7. The Balaban J connectivity index is 2.22. The van der Waals surface area contributed by atoms with Crippen LogP contribution < -0.4 is 5.73 Å². The molecule has 1 aliphatic heterocycles. The molecule has 7 heteroatoms. The highest BCUT2D eigenvalue weighted by Crippen LogP contribution is 2.26. The molecule has 1 fully saturated rings. The predicted molar refractivity (Wildman–Crippen MR) is 77.7 cm³/mol. The van der Waals surface area contributed by atoms with Crippen LogP contribution in [0.5, 0.6) is 0 Å². The summed E-state index contributed by atoms with van der Waals surface area (Å²) in [6, 6.07) is 4.05. The van der Waals surface area contributed by atoms with Crippen LogP contribution in [-0.4, -0.2) is 39.5 Å². The molecule has 1 aromatic rings. The molecule has 1 heterocycles. The average molecular weight is 316 g/mol. The zero-order valence-corrected chi connectivity index (χ0v) is 12.9. The van der Waals surface area contributed by atoms with Gasteiger partial charge in [-0.2, -0.15) is 4.31 Å². The molecule has 5 nitrogen and oxygen atoms in total. The van der Waals surface area contributed by atoms with Crippen molar-refractivity contribution >= 4 is 10.0 Å². The van der Waals surface area contributed by atoms with E-state index in [4.69, 9.17) is 10.5 Å². The van der Waals surface area contributed by atoms with E-state index in [1.54, 1.807) is 7.11 Å². The molecule has 0 aliphatic carbocycles. The van der Waals surface area contributed by atoms with Gasteiger partial charge in [0.1, 0.15) is 5.82 Å². The predicted octanol–water partition coefficient (Wildman–Crippen LogP) is 1.33. The lowest BCUT2D eigenvalue weighted by Gasteiger charge is -2.31. The molecule has 0 unspecified atom stereocenters. The van der Waals surface area contributed by atoms with E-state index >= 15 is 0 Å². The molecule has 1 saturated heterocycles. The van der Waals surface area contributed by atoms with Crippen molar-refractivity contribution in [3.05, 3.63) is 29.6 Å². The van der Waals surface area contributed by atoms with Crippen LogP contribution >= 0.6 is 0 Å². The smallest absolute Gasteiger partial charge is 0.243 e. The molecule has 0 saturated carbocycles. The number of methoxy groups -OCH3 is 1. The second kappa shape index (κ2) is 6.83. The molecule has 21 heavy (non-hydrogen) atoms. The first kappa shape index (κ1) is 16.4. The highest BCUT2D eigenvalue weighted by molar-refractivity contribution is 7.89. The van der Waals surface area contributed by atoms with Crippen molar-refractivity contribution in [2.24, 2.45) is 11.7 Å². The van der Waals surface area contributed by atoms with Crippen LogP contribution in [0.4, 0.5) is 4.39 Å². The molecule has 0 radical (unpaired) electrons. The minimum Gasteiger partial charge on any atom is -0.384 e. The summed E-state index contributed by atoms with van der Waals surface area (Å²) in [5, 5.41) is 0. The van der Waals surface area contributed by atoms with E-state index in [-0.39, 0.29) is 17.0 Å². The third-order valence-corrected chi connectivity index (χ3v) is 5.86. The molecular weight excluding hydrogens is 295 g/mol. The van der Waals surface area contributed by atoms with Crippen molar-refractivity contribution in [1.29, 1.82) is 0 Å². The lowest BCUT2D eigenvalue weighted by molar-refractivity contribution is 0.121. The molecule has 1 aromatic carbocycles. The van der Waals surface area contributed by atoms with E-state index in [1.807, 2.05) is 0 Å². The zero-order chi connectivity index (χ0) is 15.5. The molecule has 0 bridgehead atoms. The fourth-order valence-corrected chi connectivity index (χ4v) is 4.38. The summed E-state index contributed by atoms with van der Waals surface area (Å²) in [4.78, 5) is -0.0183. The summed E-state index contributed by atoms with van der Waals surface area (Å²) < 4.78 is 45.6.